The molecule has 2 rings (SSSR count). The molecule has 0 bridgehead atoms. The van der Waals surface area contributed by atoms with E-state index in [2.05, 4.69) is 43.2 Å². The van der Waals surface area contributed by atoms with Gasteiger partial charge in [-0.2, -0.15) is 4.98 Å². The first-order chi connectivity index (χ1) is 10.0. The Morgan fingerprint density at radius 1 is 1.38 bits per heavy atom. The Bertz CT molecular complexity index is 438. The van der Waals surface area contributed by atoms with Crippen molar-refractivity contribution < 1.29 is 9.26 Å². The second-order valence-electron chi connectivity index (χ2n) is 6.47. The van der Waals surface area contributed by atoms with Crippen molar-refractivity contribution in [2.75, 3.05) is 13.7 Å². The molecule has 1 aromatic rings. The molecule has 0 amide bonds. The van der Waals surface area contributed by atoms with E-state index in [0.717, 1.165) is 44.0 Å². The Morgan fingerprint density at radius 2 is 2.05 bits per heavy atom. The summed E-state index contributed by atoms with van der Waals surface area (Å²) in [5, 5.41) is 7.64. The summed E-state index contributed by atoms with van der Waals surface area (Å²) in [6, 6.07) is 0.313. The molecule has 1 N–H and O–H groups in total. The number of rotatable bonds is 6. The first-order valence-electron chi connectivity index (χ1n) is 8.15. The van der Waals surface area contributed by atoms with Crippen LogP contribution in [0.3, 0.4) is 0 Å². The highest BCUT2D eigenvalue weighted by atomic mass is 16.5. The van der Waals surface area contributed by atoms with Crippen LogP contribution in [-0.4, -0.2) is 29.8 Å². The van der Waals surface area contributed by atoms with Gasteiger partial charge in [-0.25, -0.2) is 0 Å². The lowest BCUT2D eigenvalue weighted by molar-refractivity contribution is -0.0609. The topological polar surface area (TPSA) is 60.2 Å². The zero-order valence-corrected chi connectivity index (χ0v) is 14.0. The smallest absolute Gasteiger partial charge is 0.231 e. The Hall–Kier alpha value is -0.940. The minimum atomic E-state index is -0.352. The zero-order chi connectivity index (χ0) is 15.5. The summed E-state index contributed by atoms with van der Waals surface area (Å²) in [5.74, 6) is 2.38. The van der Waals surface area contributed by atoms with Gasteiger partial charge in [-0.3, -0.25) is 0 Å². The second kappa shape index (κ2) is 6.88. The third kappa shape index (κ3) is 3.46. The number of methoxy groups -OCH3 is 1. The SMILES string of the molecule is CCNC(C)C(C)c1nc(C2(OC)CCC(C)CC2)no1. The first-order valence-corrected chi connectivity index (χ1v) is 8.15. The molecule has 2 unspecified atom stereocenters. The van der Waals surface area contributed by atoms with E-state index in [1.54, 1.807) is 7.11 Å². The molecule has 0 saturated heterocycles. The van der Waals surface area contributed by atoms with Crippen LogP contribution in [0.4, 0.5) is 0 Å². The van der Waals surface area contributed by atoms with E-state index >= 15 is 0 Å². The zero-order valence-electron chi connectivity index (χ0n) is 14.0. The van der Waals surface area contributed by atoms with Crippen molar-refractivity contribution in [3.05, 3.63) is 11.7 Å². The van der Waals surface area contributed by atoms with Crippen molar-refractivity contribution in [1.29, 1.82) is 0 Å². The Morgan fingerprint density at radius 3 is 2.62 bits per heavy atom. The molecule has 1 fully saturated rings. The Balaban J connectivity index is 2.14. The van der Waals surface area contributed by atoms with Gasteiger partial charge < -0.3 is 14.6 Å². The molecule has 0 aliphatic heterocycles. The normalized spacial score (nSPS) is 29.3. The number of aromatic nitrogens is 2. The van der Waals surface area contributed by atoms with Crippen molar-refractivity contribution >= 4 is 0 Å². The van der Waals surface area contributed by atoms with Crippen LogP contribution in [0, 0.1) is 5.92 Å². The van der Waals surface area contributed by atoms with Crippen LogP contribution in [0.25, 0.3) is 0 Å². The van der Waals surface area contributed by atoms with Crippen molar-refractivity contribution in [3.8, 4) is 0 Å². The number of likely N-dealkylation sites (N-methyl/N-ethyl adjacent to an activating group) is 1. The van der Waals surface area contributed by atoms with Gasteiger partial charge in [0, 0.05) is 13.2 Å². The van der Waals surface area contributed by atoms with E-state index in [0.29, 0.717) is 11.9 Å². The summed E-state index contributed by atoms with van der Waals surface area (Å²) in [6.45, 7) is 9.60. The monoisotopic (exact) mass is 295 g/mol. The van der Waals surface area contributed by atoms with Crippen LogP contribution in [-0.2, 0) is 10.3 Å². The van der Waals surface area contributed by atoms with Gasteiger partial charge in [-0.1, -0.05) is 25.9 Å². The summed E-state index contributed by atoms with van der Waals surface area (Å²) in [4.78, 5) is 4.66. The fourth-order valence-electron chi connectivity index (χ4n) is 3.07. The third-order valence-electron chi connectivity index (χ3n) is 4.99. The first kappa shape index (κ1) is 16.4. The Labute approximate surface area is 127 Å². The predicted molar refractivity (Wildman–Crippen MR) is 82.2 cm³/mol. The van der Waals surface area contributed by atoms with Gasteiger partial charge in [-0.15, -0.1) is 0 Å². The van der Waals surface area contributed by atoms with Gasteiger partial charge in [0.2, 0.25) is 11.7 Å². The van der Waals surface area contributed by atoms with Gasteiger partial charge in [0.25, 0.3) is 0 Å². The molecule has 5 heteroatoms. The number of nitrogens with zero attached hydrogens (tertiary/aromatic N) is 2. The molecule has 1 heterocycles. The predicted octanol–water partition coefficient (Wildman–Crippen LogP) is 3.22. The fourth-order valence-corrected chi connectivity index (χ4v) is 3.07. The number of nitrogens with one attached hydrogen (secondary N) is 1. The molecule has 0 radical (unpaired) electrons. The summed E-state index contributed by atoms with van der Waals surface area (Å²) in [5.41, 5.74) is -0.352. The molecule has 0 spiro atoms. The number of hydrogen-bond acceptors (Lipinski definition) is 5. The van der Waals surface area contributed by atoms with Gasteiger partial charge in [0.1, 0.15) is 5.60 Å². The van der Waals surface area contributed by atoms with E-state index in [-0.39, 0.29) is 11.5 Å². The van der Waals surface area contributed by atoms with Crippen LogP contribution >= 0.6 is 0 Å². The van der Waals surface area contributed by atoms with Gasteiger partial charge in [0.05, 0.1) is 5.92 Å². The highest BCUT2D eigenvalue weighted by molar-refractivity contribution is 5.06. The lowest BCUT2D eigenvalue weighted by Crippen LogP contribution is -2.34. The summed E-state index contributed by atoms with van der Waals surface area (Å²) in [7, 11) is 1.76. The van der Waals surface area contributed by atoms with Crippen LogP contribution in [0.2, 0.25) is 0 Å². The maximum absolute atomic E-state index is 5.81. The van der Waals surface area contributed by atoms with E-state index in [1.165, 1.54) is 0 Å². The maximum Gasteiger partial charge on any atom is 0.231 e. The minimum absolute atomic E-state index is 0.197. The van der Waals surface area contributed by atoms with E-state index in [1.807, 2.05) is 0 Å². The molecule has 1 aliphatic carbocycles. The van der Waals surface area contributed by atoms with E-state index < -0.39 is 0 Å². The quantitative estimate of drug-likeness (QED) is 0.873. The highest BCUT2D eigenvalue weighted by Gasteiger charge is 2.40. The molecule has 1 saturated carbocycles. The van der Waals surface area contributed by atoms with E-state index in [9.17, 15) is 0 Å². The molecule has 5 nitrogen and oxygen atoms in total. The lowest BCUT2D eigenvalue weighted by atomic mass is 9.79. The van der Waals surface area contributed by atoms with Gasteiger partial charge >= 0.3 is 0 Å². The lowest BCUT2D eigenvalue weighted by Gasteiger charge is -2.35. The minimum Gasteiger partial charge on any atom is -0.370 e. The standard InChI is InChI=1S/C16H29N3O2/c1-6-17-13(4)12(3)14-18-15(19-21-14)16(20-5)9-7-11(2)8-10-16/h11-13,17H,6-10H2,1-5H3. The summed E-state index contributed by atoms with van der Waals surface area (Å²) < 4.78 is 11.3. The molecule has 1 aromatic heterocycles. The van der Waals surface area contributed by atoms with Crippen molar-refractivity contribution in [3.63, 3.8) is 0 Å². The molecule has 21 heavy (non-hydrogen) atoms. The van der Waals surface area contributed by atoms with Crippen LogP contribution in [0.5, 0.6) is 0 Å². The van der Waals surface area contributed by atoms with Crippen LogP contribution < -0.4 is 5.32 Å². The molecule has 0 aromatic carbocycles. The number of ether oxygens (including phenoxy) is 1. The van der Waals surface area contributed by atoms with Crippen LogP contribution in [0.15, 0.2) is 4.52 Å². The average Bonchev–Trinajstić information content (AvgIpc) is 2.98. The van der Waals surface area contributed by atoms with Gasteiger partial charge in [0.15, 0.2) is 0 Å². The Kier molecular flexibility index (Phi) is 5.38. The third-order valence-corrected chi connectivity index (χ3v) is 4.99. The highest BCUT2D eigenvalue weighted by Crippen LogP contribution is 2.41. The van der Waals surface area contributed by atoms with E-state index in [4.69, 9.17) is 9.26 Å². The van der Waals surface area contributed by atoms with Gasteiger partial charge in [-0.05, 0) is 45.1 Å². The summed E-state index contributed by atoms with van der Waals surface area (Å²) >= 11 is 0. The molecular formula is C16H29N3O2. The second-order valence-corrected chi connectivity index (χ2v) is 6.47. The number of hydrogen-bond donors (Lipinski definition) is 1. The summed E-state index contributed by atoms with van der Waals surface area (Å²) in [6.07, 6.45) is 4.25. The fraction of sp³-hybridized carbons (Fsp3) is 0.875. The van der Waals surface area contributed by atoms with Crippen LogP contribution in [0.1, 0.15) is 71.0 Å². The average molecular weight is 295 g/mol. The molecule has 1 aliphatic rings. The molecule has 2 atom stereocenters. The van der Waals surface area contributed by atoms with Crippen molar-refractivity contribution in [1.82, 2.24) is 15.5 Å². The molecule has 120 valence electrons. The van der Waals surface area contributed by atoms with Crippen molar-refractivity contribution in [2.24, 2.45) is 5.92 Å². The van der Waals surface area contributed by atoms with Crippen molar-refractivity contribution in [2.45, 2.75) is 70.9 Å². The maximum atomic E-state index is 5.81. The molecular weight excluding hydrogens is 266 g/mol. The largest absolute Gasteiger partial charge is 0.370 e.